The van der Waals surface area contributed by atoms with E-state index in [1.807, 2.05) is 19.3 Å². The molecule has 0 atom stereocenters. The van der Waals surface area contributed by atoms with Crippen LogP contribution in [-0.4, -0.2) is 27.2 Å². The van der Waals surface area contributed by atoms with Crippen molar-refractivity contribution < 1.29 is 4.79 Å². The summed E-state index contributed by atoms with van der Waals surface area (Å²) in [6, 6.07) is 4.86. The van der Waals surface area contributed by atoms with Gasteiger partial charge in [0.1, 0.15) is 10.3 Å². The Morgan fingerprint density at radius 1 is 1.37 bits per heavy atom. The second-order valence-electron chi connectivity index (χ2n) is 3.99. The Hall–Kier alpha value is -1.59. The van der Waals surface area contributed by atoms with Gasteiger partial charge in [-0.1, -0.05) is 23.2 Å². The minimum absolute atomic E-state index is 0.197. The summed E-state index contributed by atoms with van der Waals surface area (Å²) in [6.07, 6.45) is 2.53. The summed E-state index contributed by atoms with van der Waals surface area (Å²) in [6.45, 7) is 0.493. The monoisotopic (exact) mass is 298 g/mol. The number of aryl methyl sites for hydroxylation is 1. The predicted molar refractivity (Wildman–Crippen MR) is 73.5 cm³/mol. The Morgan fingerprint density at radius 2 is 2.05 bits per heavy atom. The summed E-state index contributed by atoms with van der Waals surface area (Å²) < 4.78 is 1.72. The van der Waals surface area contributed by atoms with E-state index in [9.17, 15) is 4.79 Å². The quantitative estimate of drug-likeness (QED) is 0.879. The van der Waals surface area contributed by atoms with Crippen molar-refractivity contribution in [2.75, 3.05) is 6.54 Å². The number of hydrogen-bond acceptors (Lipinski definition) is 3. The van der Waals surface area contributed by atoms with Crippen LogP contribution < -0.4 is 5.32 Å². The molecule has 2 rings (SSSR count). The predicted octanol–water partition coefficient (Wildman–Crippen LogP) is 2.09. The molecule has 0 bridgehead atoms. The van der Waals surface area contributed by atoms with E-state index in [0.29, 0.717) is 18.5 Å². The van der Waals surface area contributed by atoms with Crippen molar-refractivity contribution in [3.63, 3.8) is 0 Å². The second-order valence-corrected chi connectivity index (χ2v) is 4.76. The number of pyridine rings is 1. The Balaban J connectivity index is 1.90. The van der Waals surface area contributed by atoms with Gasteiger partial charge in [0, 0.05) is 31.8 Å². The van der Waals surface area contributed by atoms with Crippen LogP contribution in [0.15, 0.2) is 24.4 Å². The molecule has 0 aromatic carbocycles. The van der Waals surface area contributed by atoms with E-state index in [2.05, 4.69) is 15.4 Å². The molecule has 1 N–H and O–H groups in total. The van der Waals surface area contributed by atoms with Gasteiger partial charge in [-0.2, -0.15) is 5.10 Å². The molecule has 0 spiro atoms. The van der Waals surface area contributed by atoms with Crippen molar-refractivity contribution in [3.8, 4) is 0 Å². The van der Waals surface area contributed by atoms with Crippen LogP contribution in [0.1, 0.15) is 16.1 Å². The van der Waals surface area contributed by atoms with Crippen LogP contribution in [0.4, 0.5) is 0 Å². The van der Waals surface area contributed by atoms with E-state index in [1.54, 1.807) is 4.68 Å². The number of halogens is 2. The average Bonchev–Trinajstić information content (AvgIpc) is 2.73. The molecule has 19 heavy (non-hydrogen) atoms. The van der Waals surface area contributed by atoms with Gasteiger partial charge in [-0.25, -0.2) is 4.98 Å². The summed E-state index contributed by atoms with van der Waals surface area (Å²) in [4.78, 5) is 15.6. The first-order valence-corrected chi connectivity index (χ1v) is 6.40. The molecule has 2 aromatic rings. The summed E-state index contributed by atoms with van der Waals surface area (Å²) in [5, 5.41) is 7.39. The fraction of sp³-hybridized carbons (Fsp3) is 0.250. The van der Waals surface area contributed by atoms with Crippen molar-refractivity contribution in [1.29, 1.82) is 0 Å². The van der Waals surface area contributed by atoms with Crippen LogP contribution in [0.2, 0.25) is 10.3 Å². The summed E-state index contributed by atoms with van der Waals surface area (Å²) >= 11 is 11.5. The molecule has 5 nitrogen and oxygen atoms in total. The highest BCUT2D eigenvalue weighted by atomic mass is 35.5. The molecule has 7 heteroatoms. The molecule has 100 valence electrons. The number of nitrogens with zero attached hydrogens (tertiary/aromatic N) is 3. The number of rotatable bonds is 4. The van der Waals surface area contributed by atoms with Crippen LogP contribution >= 0.6 is 23.2 Å². The molecular formula is C12H12Cl2N4O. The fourth-order valence-electron chi connectivity index (χ4n) is 1.60. The Morgan fingerprint density at radius 3 is 2.63 bits per heavy atom. The Bertz CT molecular complexity index is 577. The maximum Gasteiger partial charge on any atom is 0.251 e. The molecular weight excluding hydrogens is 287 g/mol. The average molecular weight is 299 g/mol. The van der Waals surface area contributed by atoms with Crippen molar-refractivity contribution >= 4 is 29.1 Å². The van der Waals surface area contributed by atoms with Gasteiger partial charge in [-0.3, -0.25) is 9.48 Å². The summed E-state index contributed by atoms with van der Waals surface area (Å²) in [5.74, 6) is -0.234. The lowest BCUT2D eigenvalue weighted by Crippen LogP contribution is -2.25. The van der Waals surface area contributed by atoms with Gasteiger partial charge in [-0.15, -0.1) is 0 Å². The molecule has 0 aliphatic heterocycles. The number of aromatic nitrogens is 3. The number of nitrogens with one attached hydrogen (secondary N) is 1. The first-order chi connectivity index (χ1) is 9.04. The minimum atomic E-state index is -0.234. The highest BCUT2D eigenvalue weighted by Crippen LogP contribution is 2.14. The number of carbonyl (C=O) groups is 1. The highest BCUT2D eigenvalue weighted by Gasteiger charge is 2.08. The van der Waals surface area contributed by atoms with E-state index in [-0.39, 0.29) is 16.2 Å². The first kappa shape index (κ1) is 13.8. The smallest absolute Gasteiger partial charge is 0.251 e. The minimum Gasteiger partial charge on any atom is -0.352 e. The van der Waals surface area contributed by atoms with Gasteiger partial charge in [0.25, 0.3) is 5.91 Å². The summed E-state index contributed by atoms with van der Waals surface area (Å²) in [7, 11) is 1.85. The molecule has 0 saturated heterocycles. The number of amides is 1. The van der Waals surface area contributed by atoms with E-state index in [0.717, 1.165) is 5.69 Å². The third-order valence-electron chi connectivity index (χ3n) is 2.46. The number of hydrogen-bond donors (Lipinski definition) is 1. The van der Waals surface area contributed by atoms with Crippen molar-refractivity contribution in [1.82, 2.24) is 20.1 Å². The van der Waals surface area contributed by atoms with E-state index in [1.165, 1.54) is 12.1 Å². The maximum atomic E-state index is 11.9. The standard InChI is InChI=1S/C12H12Cl2N4O/c1-18-5-3-9(17-18)2-4-15-12(19)8-6-10(13)16-11(14)7-8/h3,5-7H,2,4H2,1H3,(H,15,19). The molecule has 0 aliphatic rings. The van der Waals surface area contributed by atoms with Gasteiger partial charge < -0.3 is 5.32 Å². The fourth-order valence-corrected chi connectivity index (χ4v) is 2.06. The maximum absolute atomic E-state index is 11.9. The first-order valence-electron chi connectivity index (χ1n) is 5.64. The zero-order valence-electron chi connectivity index (χ0n) is 10.2. The van der Waals surface area contributed by atoms with Crippen molar-refractivity contribution in [2.45, 2.75) is 6.42 Å². The highest BCUT2D eigenvalue weighted by molar-refractivity contribution is 6.33. The third kappa shape index (κ3) is 3.94. The Labute approximate surface area is 120 Å². The Kier molecular flexibility index (Phi) is 4.39. The van der Waals surface area contributed by atoms with E-state index >= 15 is 0 Å². The largest absolute Gasteiger partial charge is 0.352 e. The van der Waals surface area contributed by atoms with Crippen LogP contribution in [0.25, 0.3) is 0 Å². The molecule has 0 aliphatic carbocycles. The van der Waals surface area contributed by atoms with Crippen LogP contribution in [0.5, 0.6) is 0 Å². The lowest BCUT2D eigenvalue weighted by molar-refractivity contribution is 0.0954. The molecule has 0 fully saturated rings. The van der Waals surface area contributed by atoms with Crippen LogP contribution in [0, 0.1) is 0 Å². The molecule has 0 unspecified atom stereocenters. The molecule has 2 heterocycles. The van der Waals surface area contributed by atoms with Crippen LogP contribution in [-0.2, 0) is 13.5 Å². The van der Waals surface area contributed by atoms with E-state index in [4.69, 9.17) is 23.2 Å². The van der Waals surface area contributed by atoms with Gasteiger partial charge in [0.2, 0.25) is 0 Å². The van der Waals surface area contributed by atoms with Crippen molar-refractivity contribution in [2.24, 2.45) is 7.05 Å². The van der Waals surface area contributed by atoms with Crippen LogP contribution in [0.3, 0.4) is 0 Å². The molecule has 1 amide bonds. The second kappa shape index (κ2) is 6.04. The van der Waals surface area contributed by atoms with Gasteiger partial charge >= 0.3 is 0 Å². The molecule has 2 aromatic heterocycles. The topological polar surface area (TPSA) is 59.8 Å². The SMILES string of the molecule is Cn1ccc(CCNC(=O)c2cc(Cl)nc(Cl)c2)n1. The zero-order chi connectivity index (χ0) is 13.8. The molecule has 0 saturated carbocycles. The molecule has 0 radical (unpaired) electrons. The summed E-state index contributed by atoms with van der Waals surface area (Å²) in [5.41, 5.74) is 1.32. The number of carbonyl (C=O) groups excluding carboxylic acids is 1. The lowest BCUT2D eigenvalue weighted by atomic mass is 10.2. The van der Waals surface area contributed by atoms with Gasteiger partial charge in [0.15, 0.2) is 0 Å². The van der Waals surface area contributed by atoms with E-state index < -0.39 is 0 Å². The lowest BCUT2D eigenvalue weighted by Gasteiger charge is -2.04. The van der Waals surface area contributed by atoms with Gasteiger partial charge in [-0.05, 0) is 18.2 Å². The van der Waals surface area contributed by atoms with Crippen molar-refractivity contribution in [3.05, 3.63) is 46.0 Å². The zero-order valence-corrected chi connectivity index (χ0v) is 11.7. The van der Waals surface area contributed by atoms with Gasteiger partial charge in [0.05, 0.1) is 5.69 Å². The normalized spacial score (nSPS) is 10.5. The third-order valence-corrected chi connectivity index (χ3v) is 2.85.